The fourth-order valence-corrected chi connectivity index (χ4v) is 4.36. The monoisotopic (exact) mass is 447 g/mol. The third-order valence-corrected chi connectivity index (χ3v) is 6.09. The van der Waals surface area contributed by atoms with Gasteiger partial charge >= 0.3 is 12.1 Å². The van der Waals surface area contributed by atoms with Crippen LogP contribution < -0.4 is 5.32 Å². The molecule has 0 aromatic heterocycles. The van der Waals surface area contributed by atoms with E-state index in [-0.39, 0.29) is 30.2 Å². The number of ether oxygens (including phenoxy) is 1. The number of rotatable bonds is 7. The van der Waals surface area contributed by atoms with Crippen molar-refractivity contribution in [2.75, 3.05) is 13.2 Å². The topological polar surface area (TPSA) is 116 Å². The van der Waals surface area contributed by atoms with E-state index in [1.807, 2.05) is 48.5 Å². The zero-order chi connectivity index (χ0) is 23.5. The van der Waals surface area contributed by atoms with Crippen LogP contribution in [0.5, 0.6) is 0 Å². The fourth-order valence-electron chi connectivity index (χ4n) is 4.36. The third kappa shape index (κ3) is 4.46. The van der Waals surface area contributed by atoms with E-state index in [0.29, 0.717) is 5.56 Å². The highest BCUT2D eigenvalue weighted by atomic mass is 16.5. The van der Waals surface area contributed by atoms with Gasteiger partial charge < -0.3 is 25.4 Å². The smallest absolute Gasteiger partial charge is 0.407 e. The van der Waals surface area contributed by atoms with Crippen LogP contribution in [0.3, 0.4) is 0 Å². The van der Waals surface area contributed by atoms with Crippen molar-refractivity contribution in [3.63, 3.8) is 0 Å². The zero-order valence-electron chi connectivity index (χ0n) is 18.1. The first-order valence-corrected chi connectivity index (χ1v) is 10.7. The molecule has 0 saturated carbocycles. The number of carbonyl (C=O) groups is 2. The molecule has 0 heterocycles. The van der Waals surface area contributed by atoms with E-state index in [1.165, 1.54) is 12.1 Å². The van der Waals surface area contributed by atoms with E-state index in [1.54, 1.807) is 13.0 Å². The molecule has 1 aliphatic carbocycles. The summed E-state index contributed by atoms with van der Waals surface area (Å²) in [5, 5.41) is 32.5. The molecule has 170 valence electrons. The van der Waals surface area contributed by atoms with Gasteiger partial charge in [0.1, 0.15) is 18.8 Å². The van der Waals surface area contributed by atoms with Crippen LogP contribution in [-0.2, 0) is 4.74 Å². The van der Waals surface area contributed by atoms with Crippen LogP contribution in [0.4, 0.5) is 4.79 Å². The number of carboxylic acids is 1. The van der Waals surface area contributed by atoms with Gasteiger partial charge in [-0.1, -0.05) is 60.7 Å². The average Bonchev–Trinajstić information content (AvgIpc) is 3.14. The molecule has 0 fully saturated rings. The molecule has 0 bridgehead atoms. The Morgan fingerprint density at radius 3 is 2.15 bits per heavy atom. The van der Waals surface area contributed by atoms with Crippen molar-refractivity contribution in [1.82, 2.24) is 5.32 Å². The second-order valence-corrected chi connectivity index (χ2v) is 8.04. The summed E-state index contributed by atoms with van der Waals surface area (Å²) in [5.41, 5.74) is 5.13. The number of hydrogen-bond donors (Lipinski definition) is 4. The molecule has 2 unspecified atom stereocenters. The van der Waals surface area contributed by atoms with Gasteiger partial charge in [-0.25, -0.2) is 9.59 Å². The number of aliphatic hydroxyl groups excluding tert-OH is 2. The van der Waals surface area contributed by atoms with Gasteiger partial charge in [-0.2, -0.15) is 0 Å². The molecule has 1 aliphatic rings. The molecule has 33 heavy (non-hydrogen) atoms. The van der Waals surface area contributed by atoms with Crippen LogP contribution in [0.25, 0.3) is 11.1 Å². The summed E-state index contributed by atoms with van der Waals surface area (Å²) in [6.45, 7) is 1.44. The van der Waals surface area contributed by atoms with Crippen LogP contribution in [0.15, 0.2) is 66.7 Å². The Balaban J connectivity index is 1.36. The third-order valence-electron chi connectivity index (χ3n) is 6.09. The second-order valence-electron chi connectivity index (χ2n) is 8.04. The molecule has 3 aromatic carbocycles. The first-order valence-electron chi connectivity index (χ1n) is 10.7. The minimum atomic E-state index is -1.36. The maximum atomic E-state index is 12.3. The van der Waals surface area contributed by atoms with Crippen molar-refractivity contribution in [3.8, 4) is 11.1 Å². The SMILES string of the molecule is Cc1c(C(=O)O)cccc1C(O)C(O)CNC(=O)OCC1c2ccccc2-c2ccccc21. The molecule has 3 aromatic rings. The molecular formula is C26H25NO6. The van der Waals surface area contributed by atoms with Gasteiger partial charge in [-0.3, -0.25) is 0 Å². The van der Waals surface area contributed by atoms with Crippen molar-refractivity contribution in [1.29, 1.82) is 0 Å². The Kier molecular flexibility index (Phi) is 6.44. The minimum absolute atomic E-state index is 0.0447. The number of fused-ring (bicyclic) bond motifs is 3. The Morgan fingerprint density at radius 2 is 1.55 bits per heavy atom. The Labute approximate surface area is 191 Å². The van der Waals surface area contributed by atoms with Crippen molar-refractivity contribution in [2.45, 2.75) is 25.0 Å². The van der Waals surface area contributed by atoms with Crippen molar-refractivity contribution in [2.24, 2.45) is 0 Å². The average molecular weight is 447 g/mol. The molecule has 0 spiro atoms. The number of alkyl carbamates (subject to hydrolysis) is 1. The van der Waals surface area contributed by atoms with E-state index in [4.69, 9.17) is 4.74 Å². The molecule has 7 nitrogen and oxygen atoms in total. The summed E-state index contributed by atoms with van der Waals surface area (Å²) in [7, 11) is 0. The van der Waals surface area contributed by atoms with Crippen LogP contribution in [0.1, 0.15) is 44.6 Å². The number of amides is 1. The molecule has 0 saturated heterocycles. The summed E-state index contributed by atoms with van der Waals surface area (Å²) in [5.74, 6) is -1.20. The van der Waals surface area contributed by atoms with E-state index in [2.05, 4.69) is 5.32 Å². The van der Waals surface area contributed by atoms with E-state index in [0.717, 1.165) is 22.3 Å². The summed E-state index contributed by atoms with van der Waals surface area (Å²) in [4.78, 5) is 23.6. The normalized spacial score (nSPS) is 14.2. The van der Waals surface area contributed by atoms with E-state index < -0.39 is 24.3 Å². The highest BCUT2D eigenvalue weighted by Crippen LogP contribution is 2.44. The van der Waals surface area contributed by atoms with Gasteiger partial charge in [0.15, 0.2) is 0 Å². The standard InChI is InChI=1S/C26H25NO6/c1-15-16(11-6-12-17(15)25(30)31)24(29)23(28)13-27-26(32)33-14-22-20-9-4-2-7-18(20)19-8-3-5-10-21(19)22/h2-12,22-24,28-29H,13-14H2,1H3,(H,27,32)(H,30,31). The number of aliphatic hydroxyl groups is 2. The van der Waals surface area contributed by atoms with Crippen molar-refractivity contribution >= 4 is 12.1 Å². The van der Waals surface area contributed by atoms with Crippen molar-refractivity contribution in [3.05, 3.63) is 94.5 Å². The molecule has 4 rings (SSSR count). The molecule has 2 atom stereocenters. The summed E-state index contributed by atoms with van der Waals surface area (Å²) >= 11 is 0. The lowest BCUT2D eigenvalue weighted by Gasteiger charge is -2.21. The lowest BCUT2D eigenvalue weighted by Crippen LogP contribution is -2.36. The highest BCUT2D eigenvalue weighted by Gasteiger charge is 2.29. The van der Waals surface area contributed by atoms with Gasteiger partial charge in [0.05, 0.1) is 5.56 Å². The summed E-state index contributed by atoms with van der Waals surface area (Å²) < 4.78 is 5.43. The number of carboxylic acid groups (broad SMARTS) is 1. The largest absolute Gasteiger partial charge is 0.478 e. The summed E-state index contributed by atoms with van der Waals surface area (Å²) in [6.07, 6.45) is -3.41. The Hall–Kier alpha value is -3.68. The molecule has 7 heteroatoms. The number of nitrogens with one attached hydrogen (secondary N) is 1. The van der Waals surface area contributed by atoms with Gasteiger partial charge in [0.2, 0.25) is 0 Å². The molecule has 4 N–H and O–H groups in total. The number of benzene rings is 3. The van der Waals surface area contributed by atoms with E-state index in [9.17, 15) is 24.9 Å². The highest BCUT2D eigenvalue weighted by molar-refractivity contribution is 5.89. The summed E-state index contributed by atoms with van der Waals surface area (Å²) in [6, 6.07) is 20.5. The lowest BCUT2D eigenvalue weighted by molar-refractivity contribution is 0.0181. The Bertz CT molecular complexity index is 1150. The molecule has 0 aliphatic heterocycles. The number of hydrogen-bond acceptors (Lipinski definition) is 5. The van der Waals surface area contributed by atoms with Crippen LogP contribution >= 0.6 is 0 Å². The first-order chi connectivity index (χ1) is 15.9. The van der Waals surface area contributed by atoms with E-state index >= 15 is 0 Å². The molecule has 1 amide bonds. The van der Waals surface area contributed by atoms with Gasteiger partial charge in [0.25, 0.3) is 0 Å². The predicted molar refractivity (Wildman–Crippen MR) is 122 cm³/mol. The quantitative estimate of drug-likeness (QED) is 0.440. The predicted octanol–water partition coefficient (Wildman–Crippen LogP) is 3.63. The number of aromatic carboxylic acids is 1. The van der Waals surface area contributed by atoms with Crippen LogP contribution in [-0.4, -0.2) is 46.6 Å². The maximum Gasteiger partial charge on any atom is 0.407 e. The van der Waals surface area contributed by atoms with Crippen LogP contribution in [0, 0.1) is 6.92 Å². The fraction of sp³-hybridized carbons (Fsp3) is 0.231. The van der Waals surface area contributed by atoms with Crippen LogP contribution in [0.2, 0.25) is 0 Å². The zero-order valence-corrected chi connectivity index (χ0v) is 18.1. The maximum absolute atomic E-state index is 12.3. The number of carbonyl (C=O) groups excluding carboxylic acids is 1. The minimum Gasteiger partial charge on any atom is -0.478 e. The van der Waals surface area contributed by atoms with Gasteiger partial charge in [-0.15, -0.1) is 0 Å². The molecule has 0 radical (unpaired) electrons. The first kappa shape index (κ1) is 22.5. The molecular weight excluding hydrogens is 422 g/mol. The van der Waals surface area contributed by atoms with Gasteiger partial charge in [0, 0.05) is 12.5 Å². The second kappa shape index (κ2) is 9.44. The van der Waals surface area contributed by atoms with Gasteiger partial charge in [-0.05, 0) is 46.4 Å². The lowest BCUT2D eigenvalue weighted by atomic mass is 9.95. The van der Waals surface area contributed by atoms with Crippen molar-refractivity contribution < 1.29 is 29.6 Å². The Morgan fingerprint density at radius 1 is 0.939 bits per heavy atom.